The summed E-state index contributed by atoms with van der Waals surface area (Å²) in [6.07, 6.45) is 4.93. The number of hydrogen-bond acceptors (Lipinski definition) is 3. The van der Waals surface area contributed by atoms with Crippen LogP contribution in [0.3, 0.4) is 0 Å². The van der Waals surface area contributed by atoms with Crippen LogP contribution in [-0.4, -0.2) is 28.9 Å². The average Bonchev–Trinajstić information content (AvgIpc) is 2.74. The quantitative estimate of drug-likeness (QED) is 0.810. The number of carbonyl (C=O) groups excluding carboxylic acids is 1. The third kappa shape index (κ3) is 2.51. The number of aryl methyl sites for hydroxylation is 1. The first kappa shape index (κ1) is 12.6. The Morgan fingerprint density at radius 3 is 2.76 bits per heavy atom. The van der Waals surface area contributed by atoms with Gasteiger partial charge in [0.15, 0.2) is 0 Å². The Morgan fingerprint density at radius 2 is 2.18 bits per heavy atom. The van der Waals surface area contributed by atoms with Crippen molar-refractivity contribution < 1.29 is 4.79 Å². The standard InChI is InChI=1S/C13H20N2OS/c1-9-6-4-5-7-11(9)15(3)13(16)12-10(2)14-8-17-12/h8-9,11H,4-7H2,1-3H3. The van der Waals surface area contributed by atoms with Crippen LogP contribution in [0.5, 0.6) is 0 Å². The van der Waals surface area contributed by atoms with Crippen molar-refractivity contribution in [3.63, 3.8) is 0 Å². The fraction of sp³-hybridized carbons (Fsp3) is 0.692. The molecule has 0 aliphatic heterocycles. The summed E-state index contributed by atoms with van der Waals surface area (Å²) in [6, 6.07) is 0.401. The lowest BCUT2D eigenvalue weighted by Gasteiger charge is -2.36. The van der Waals surface area contributed by atoms with Crippen LogP contribution >= 0.6 is 11.3 Å². The van der Waals surface area contributed by atoms with E-state index in [0.717, 1.165) is 17.0 Å². The largest absolute Gasteiger partial charge is 0.338 e. The maximum Gasteiger partial charge on any atom is 0.265 e. The van der Waals surface area contributed by atoms with Crippen molar-refractivity contribution in [1.29, 1.82) is 0 Å². The third-order valence-electron chi connectivity index (χ3n) is 3.82. The molecule has 1 fully saturated rings. The van der Waals surface area contributed by atoms with Gasteiger partial charge in [0, 0.05) is 13.1 Å². The molecule has 2 atom stereocenters. The molecule has 0 radical (unpaired) electrons. The SMILES string of the molecule is Cc1ncsc1C(=O)N(C)C1CCCCC1C. The molecule has 1 saturated carbocycles. The Labute approximate surface area is 107 Å². The second-order valence-electron chi connectivity index (χ2n) is 5.01. The molecule has 4 heteroatoms. The third-order valence-corrected chi connectivity index (χ3v) is 4.74. The molecule has 94 valence electrons. The van der Waals surface area contributed by atoms with E-state index in [1.807, 2.05) is 18.9 Å². The molecule has 2 unspecified atom stereocenters. The number of aromatic nitrogens is 1. The topological polar surface area (TPSA) is 33.2 Å². The van der Waals surface area contributed by atoms with E-state index in [0.29, 0.717) is 12.0 Å². The lowest BCUT2D eigenvalue weighted by Crippen LogP contribution is -2.42. The highest BCUT2D eigenvalue weighted by molar-refractivity contribution is 7.11. The summed E-state index contributed by atoms with van der Waals surface area (Å²) in [6.45, 7) is 4.16. The van der Waals surface area contributed by atoms with Gasteiger partial charge in [0.05, 0.1) is 11.2 Å². The van der Waals surface area contributed by atoms with Crippen molar-refractivity contribution in [3.8, 4) is 0 Å². The van der Waals surface area contributed by atoms with E-state index in [1.54, 1.807) is 5.51 Å². The normalized spacial score (nSPS) is 24.6. The Bertz CT molecular complexity index is 402. The number of nitrogens with zero attached hydrogens (tertiary/aromatic N) is 2. The minimum Gasteiger partial charge on any atom is -0.338 e. The molecule has 1 aromatic heterocycles. The number of rotatable bonds is 2. The van der Waals surface area contributed by atoms with Gasteiger partial charge in [-0.15, -0.1) is 11.3 Å². The van der Waals surface area contributed by atoms with E-state index < -0.39 is 0 Å². The van der Waals surface area contributed by atoms with E-state index in [9.17, 15) is 4.79 Å². The van der Waals surface area contributed by atoms with E-state index in [-0.39, 0.29) is 5.91 Å². The van der Waals surface area contributed by atoms with Crippen LogP contribution in [0.2, 0.25) is 0 Å². The van der Waals surface area contributed by atoms with Crippen molar-refractivity contribution in [2.24, 2.45) is 5.92 Å². The van der Waals surface area contributed by atoms with Gasteiger partial charge in [-0.2, -0.15) is 0 Å². The fourth-order valence-corrected chi connectivity index (χ4v) is 3.47. The van der Waals surface area contributed by atoms with Crippen molar-refractivity contribution in [3.05, 3.63) is 16.1 Å². The van der Waals surface area contributed by atoms with Gasteiger partial charge in [-0.1, -0.05) is 19.8 Å². The van der Waals surface area contributed by atoms with Crippen molar-refractivity contribution in [2.75, 3.05) is 7.05 Å². The first-order valence-corrected chi connectivity index (χ1v) is 7.16. The summed E-state index contributed by atoms with van der Waals surface area (Å²) >= 11 is 1.45. The second kappa shape index (κ2) is 5.17. The van der Waals surface area contributed by atoms with Crippen molar-refractivity contribution >= 4 is 17.2 Å². The average molecular weight is 252 g/mol. The Morgan fingerprint density at radius 1 is 1.47 bits per heavy atom. The summed E-state index contributed by atoms with van der Waals surface area (Å²) in [5, 5.41) is 0. The predicted molar refractivity (Wildman–Crippen MR) is 70.4 cm³/mol. The van der Waals surface area contributed by atoms with Crippen LogP contribution in [0.1, 0.15) is 48.0 Å². The highest BCUT2D eigenvalue weighted by atomic mass is 32.1. The molecule has 3 nitrogen and oxygen atoms in total. The molecule has 0 saturated heterocycles. The van der Waals surface area contributed by atoms with Crippen LogP contribution in [0.4, 0.5) is 0 Å². The molecule has 1 aliphatic rings. The second-order valence-corrected chi connectivity index (χ2v) is 5.87. The fourth-order valence-electron chi connectivity index (χ4n) is 2.69. The van der Waals surface area contributed by atoms with Gasteiger partial charge in [0.25, 0.3) is 5.91 Å². The minimum absolute atomic E-state index is 0.142. The van der Waals surface area contributed by atoms with E-state index in [1.165, 1.54) is 30.6 Å². The van der Waals surface area contributed by atoms with Gasteiger partial charge >= 0.3 is 0 Å². The van der Waals surface area contributed by atoms with Gasteiger partial charge < -0.3 is 4.90 Å². The molecular formula is C13H20N2OS. The molecule has 0 aromatic carbocycles. The van der Waals surface area contributed by atoms with Crippen LogP contribution in [-0.2, 0) is 0 Å². The maximum atomic E-state index is 12.4. The van der Waals surface area contributed by atoms with Crippen molar-refractivity contribution in [1.82, 2.24) is 9.88 Å². The van der Waals surface area contributed by atoms with Gasteiger partial charge in [-0.25, -0.2) is 4.98 Å². The molecule has 1 aromatic rings. The number of thiazole rings is 1. The molecule has 17 heavy (non-hydrogen) atoms. The first-order chi connectivity index (χ1) is 8.11. The molecular weight excluding hydrogens is 232 g/mol. The zero-order chi connectivity index (χ0) is 12.4. The molecule has 1 amide bonds. The monoisotopic (exact) mass is 252 g/mol. The zero-order valence-corrected chi connectivity index (χ0v) is 11.6. The van der Waals surface area contributed by atoms with E-state index in [4.69, 9.17) is 0 Å². The molecule has 0 N–H and O–H groups in total. The predicted octanol–water partition coefficient (Wildman–Crippen LogP) is 3.10. The summed E-state index contributed by atoms with van der Waals surface area (Å²) in [7, 11) is 1.94. The molecule has 2 rings (SSSR count). The Hall–Kier alpha value is -0.900. The highest BCUT2D eigenvalue weighted by Crippen LogP contribution is 2.29. The lowest BCUT2D eigenvalue weighted by molar-refractivity contribution is 0.0633. The van der Waals surface area contributed by atoms with Gasteiger partial charge in [-0.05, 0) is 25.7 Å². The number of hydrogen-bond donors (Lipinski definition) is 0. The smallest absolute Gasteiger partial charge is 0.265 e. The number of carbonyl (C=O) groups is 1. The Balaban J connectivity index is 2.11. The van der Waals surface area contributed by atoms with Gasteiger partial charge in [0.1, 0.15) is 4.88 Å². The molecule has 0 spiro atoms. The van der Waals surface area contributed by atoms with Gasteiger partial charge in [0.2, 0.25) is 0 Å². The highest BCUT2D eigenvalue weighted by Gasteiger charge is 2.29. The van der Waals surface area contributed by atoms with Crippen LogP contribution in [0, 0.1) is 12.8 Å². The molecule has 1 heterocycles. The first-order valence-electron chi connectivity index (χ1n) is 6.28. The Kier molecular flexibility index (Phi) is 3.82. The lowest BCUT2D eigenvalue weighted by atomic mass is 9.85. The molecule has 0 bridgehead atoms. The zero-order valence-electron chi connectivity index (χ0n) is 10.8. The summed E-state index contributed by atoms with van der Waals surface area (Å²) in [4.78, 5) is 19.3. The van der Waals surface area contributed by atoms with Crippen molar-refractivity contribution in [2.45, 2.75) is 45.6 Å². The number of amides is 1. The van der Waals surface area contributed by atoms with E-state index >= 15 is 0 Å². The van der Waals surface area contributed by atoms with Gasteiger partial charge in [-0.3, -0.25) is 4.79 Å². The summed E-state index contributed by atoms with van der Waals surface area (Å²) in [5.74, 6) is 0.759. The van der Waals surface area contributed by atoms with E-state index in [2.05, 4.69) is 11.9 Å². The maximum absolute atomic E-state index is 12.4. The minimum atomic E-state index is 0.142. The summed E-state index contributed by atoms with van der Waals surface area (Å²) < 4.78 is 0. The molecule has 1 aliphatic carbocycles. The van der Waals surface area contributed by atoms with Crippen LogP contribution in [0.25, 0.3) is 0 Å². The van der Waals surface area contributed by atoms with Crippen LogP contribution in [0.15, 0.2) is 5.51 Å². The van der Waals surface area contributed by atoms with Crippen LogP contribution < -0.4 is 0 Å². The summed E-state index contributed by atoms with van der Waals surface area (Å²) in [5.41, 5.74) is 2.61.